The molecule has 8 heteroatoms. The van der Waals surface area contributed by atoms with E-state index in [0.717, 1.165) is 22.4 Å². The predicted octanol–water partition coefficient (Wildman–Crippen LogP) is 5.31. The third-order valence-corrected chi connectivity index (χ3v) is 7.05. The Balaban J connectivity index is 1.34. The van der Waals surface area contributed by atoms with Crippen molar-refractivity contribution in [2.45, 2.75) is 31.1 Å². The van der Waals surface area contributed by atoms with Crippen LogP contribution in [-0.2, 0) is 9.59 Å². The summed E-state index contributed by atoms with van der Waals surface area (Å²) in [6.07, 6.45) is 0.594. The van der Waals surface area contributed by atoms with Gasteiger partial charge in [-0.2, -0.15) is 10.1 Å². The van der Waals surface area contributed by atoms with Crippen LogP contribution < -0.4 is 5.32 Å². The summed E-state index contributed by atoms with van der Waals surface area (Å²) in [5, 5.41) is 9.19. The lowest BCUT2D eigenvalue weighted by molar-refractivity contribution is -0.121. The first-order valence-corrected chi connectivity index (χ1v) is 12.2. The summed E-state index contributed by atoms with van der Waals surface area (Å²) in [5.41, 5.74) is 4.49. The molecule has 2 atom stereocenters. The van der Waals surface area contributed by atoms with Gasteiger partial charge in [0.25, 0.3) is 5.91 Å². The molecule has 2 amide bonds. The standard InChI is InChI=1S/C27H23FN4O2S/c1-17-7-13-21(14-8-17)29-25(33)16-24-26(34)30-27(35-24)32-23(19-9-11-20(28)12-10-19)15-22(31-32)18-5-3-2-4-6-18/h2-14,23-24H,15-16H2,1H3,(H,29,33). The zero-order chi connectivity index (χ0) is 24.4. The van der Waals surface area contributed by atoms with Gasteiger partial charge < -0.3 is 5.32 Å². The van der Waals surface area contributed by atoms with E-state index in [1.807, 2.05) is 61.5 Å². The van der Waals surface area contributed by atoms with Crippen molar-refractivity contribution in [3.05, 3.63) is 101 Å². The Morgan fingerprint density at radius 3 is 2.49 bits per heavy atom. The van der Waals surface area contributed by atoms with Crippen LogP contribution in [0.2, 0.25) is 0 Å². The lowest BCUT2D eigenvalue weighted by Gasteiger charge is -2.23. The van der Waals surface area contributed by atoms with Crippen LogP contribution in [0.1, 0.15) is 35.6 Å². The van der Waals surface area contributed by atoms with Crippen LogP contribution in [-0.4, -0.2) is 33.0 Å². The number of anilines is 1. The number of amides is 2. The lowest BCUT2D eigenvalue weighted by atomic mass is 9.99. The van der Waals surface area contributed by atoms with Crippen molar-refractivity contribution in [1.29, 1.82) is 0 Å². The molecule has 1 N–H and O–H groups in total. The normalized spacial score (nSPS) is 19.5. The topological polar surface area (TPSA) is 74.1 Å². The lowest BCUT2D eigenvalue weighted by Crippen LogP contribution is -2.25. The predicted molar refractivity (Wildman–Crippen MR) is 137 cm³/mol. The molecule has 2 heterocycles. The van der Waals surface area contributed by atoms with Gasteiger partial charge in [0.15, 0.2) is 5.17 Å². The number of aryl methyl sites for hydroxylation is 1. The van der Waals surface area contributed by atoms with E-state index in [9.17, 15) is 14.0 Å². The van der Waals surface area contributed by atoms with Crippen LogP contribution >= 0.6 is 11.8 Å². The van der Waals surface area contributed by atoms with E-state index in [1.54, 1.807) is 17.1 Å². The van der Waals surface area contributed by atoms with Gasteiger partial charge in [-0.25, -0.2) is 9.40 Å². The Morgan fingerprint density at radius 2 is 1.77 bits per heavy atom. The molecular formula is C27H23FN4O2S. The minimum absolute atomic E-state index is 0.00862. The molecule has 6 nitrogen and oxygen atoms in total. The quantitative estimate of drug-likeness (QED) is 0.530. The first-order chi connectivity index (χ1) is 17.0. The molecule has 2 unspecified atom stereocenters. The maximum Gasteiger partial charge on any atom is 0.262 e. The number of nitrogens with one attached hydrogen (secondary N) is 1. The zero-order valence-corrected chi connectivity index (χ0v) is 19.8. The fraction of sp³-hybridized carbons (Fsp3) is 0.185. The smallest absolute Gasteiger partial charge is 0.262 e. The highest BCUT2D eigenvalue weighted by Gasteiger charge is 2.39. The SMILES string of the molecule is Cc1ccc(NC(=O)CC2SC(N3N=C(c4ccccc4)CC3c3ccc(F)cc3)=NC2=O)cc1. The highest BCUT2D eigenvalue weighted by atomic mass is 32.2. The summed E-state index contributed by atoms with van der Waals surface area (Å²) in [4.78, 5) is 29.5. The number of thioether (sulfide) groups is 1. The van der Waals surface area contributed by atoms with Gasteiger partial charge in [-0.15, -0.1) is 0 Å². The van der Waals surface area contributed by atoms with Crippen LogP contribution in [0.25, 0.3) is 0 Å². The number of amidine groups is 1. The third-order valence-electron chi connectivity index (χ3n) is 5.90. The van der Waals surface area contributed by atoms with Crippen molar-refractivity contribution < 1.29 is 14.0 Å². The minimum Gasteiger partial charge on any atom is -0.326 e. The van der Waals surface area contributed by atoms with Gasteiger partial charge in [0.05, 0.1) is 11.8 Å². The van der Waals surface area contributed by atoms with Gasteiger partial charge in [0.1, 0.15) is 11.1 Å². The Morgan fingerprint density at radius 1 is 1.06 bits per heavy atom. The number of halogens is 1. The number of rotatable bonds is 5. The van der Waals surface area contributed by atoms with E-state index < -0.39 is 5.25 Å². The van der Waals surface area contributed by atoms with E-state index in [2.05, 4.69) is 10.3 Å². The molecule has 5 rings (SSSR count). The molecule has 0 radical (unpaired) electrons. The van der Waals surface area contributed by atoms with Crippen LogP contribution in [0.4, 0.5) is 10.1 Å². The highest BCUT2D eigenvalue weighted by Crippen LogP contribution is 2.38. The third kappa shape index (κ3) is 5.17. The largest absolute Gasteiger partial charge is 0.326 e. The molecule has 176 valence electrons. The number of carbonyl (C=O) groups excluding carboxylic acids is 2. The number of nitrogens with zero attached hydrogens (tertiary/aromatic N) is 3. The molecular weight excluding hydrogens is 463 g/mol. The molecule has 0 fully saturated rings. The van der Waals surface area contributed by atoms with Crippen LogP contribution in [0, 0.1) is 12.7 Å². The Labute approximate surface area is 207 Å². The molecule has 3 aromatic carbocycles. The second-order valence-corrected chi connectivity index (χ2v) is 9.66. The zero-order valence-electron chi connectivity index (χ0n) is 19.0. The number of hydrogen-bond donors (Lipinski definition) is 1. The number of hydrogen-bond acceptors (Lipinski definition) is 5. The molecule has 0 aromatic heterocycles. The van der Waals surface area contributed by atoms with E-state index >= 15 is 0 Å². The van der Waals surface area contributed by atoms with E-state index in [-0.39, 0.29) is 30.1 Å². The number of carbonyl (C=O) groups is 2. The molecule has 0 aliphatic carbocycles. The van der Waals surface area contributed by atoms with E-state index in [0.29, 0.717) is 17.3 Å². The van der Waals surface area contributed by atoms with Crippen molar-refractivity contribution in [3.8, 4) is 0 Å². The van der Waals surface area contributed by atoms with Crippen molar-refractivity contribution in [3.63, 3.8) is 0 Å². The fourth-order valence-electron chi connectivity index (χ4n) is 4.06. The van der Waals surface area contributed by atoms with Crippen molar-refractivity contribution in [1.82, 2.24) is 5.01 Å². The van der Waals surface area contributed by atoms with E-state index in [4.69, 9.17) is 5.10 Å². The average Bonchev–Trinajstić information content (AvgIpc) is 3.46. The minimum atomic E-state index is -0.625. The number of aliphatic imine (C=N–C) groups is 1. The number of hydrazone groups is 1. The summed E-state index contributed by atoms with van der Waals surface area (Å²) < 4.78 is 13.6. The van der Waals surface area contributed by atoms with Gasteiger partial charge in [-0.1, -0.05) is 71.9 Å². The molecule has 2 aliphatic rings. The highest BCUT2D eigenvalue weighted by molar-refractivity contribution is 8.15. The monoisotopic (exact) mass is 486 g/mol. The fourth-order valence-corrected chi connectivity index (χ4v) is 5.12. The Bertz CT molecular complexity index is 1310. The van der Waals surface area contributed by atoms with Crippen LogP contribution in [0.3, 0.4) is 0 Å². The molecule has 2 aliphatic heterocycles. The molecule has 0 saturated heterocycles. The molecule has 35 heavy (non-hydrogen) atoms. The summed E-state index contributed by atoms with van der Waals surface area (Å²) >= 11 is 1.24. The van der Waals surface area contributed by atoms with Crippen molar-refractivity contribution in [2.24, 2.45) is 10.1 Å². The van der Waals surface area contributed by atoms with E-state index in [1.165, 1.54) is 23.9 Å². The molecule has 0 saturated carbocycles. The Hall–Kier alpha value is -3.78. The maximum absolute atomic E-state index is 13.6. The van der Waals surface area contributed by atoms with Crippen molar-refractivity contribution in [2.75, 3.05) is 5.32 Å². The molecule has 0 spiro atoms. The Kier molecular flexibility index (Phi) is 6.46. The van der Waals surface area contributed by atoms with Gasteiger partial charge in [0.2, 0.25) is 5.91 Å². The first-order valence-electron chi connectivity index (χ1n) is 11.3. The van der Waals surface area contributed by atoms with Crippen molar-refractivity contribution >= 4 is 40.1 Å². The van der Waals surface area contributed by atoms with Gasteiger partial charge in [0, 0.05) is 18.5 Å². The second-order valence-electron chi connectivity index (χ2n) is 8.49. The van der Waals surface area contributed by atoms with Crippen LogP contribution in [0.15, 0.2) is 89.0 Å². The van der Waals surface area contributed by atoms with Gasteiger partial charge in [-0.05, 0) is 42.3 Å². The summed E-state index contributed by atoms with van der Waals surface area (Å²) in [6.45, 7) is 1.97. The van der Waals surface area contributed by atoms with Crippen LogP contribution in [0.5, 0.6) is 0 Å². The van der Waals surface area contributed by atoms with Gasteiger partial charge in [-0.3, -0.25) is 9.59 Å². The summed E-state index contributed by atoms with van der Waals surface area (Å²) in [7, 11) is 0. The number of benzene rings is 3. The van der Waals surface area contributed by atoms with Gasteiger partial charge >= 0.3 is 0 Å². The summed E-state index contributed by atoms with van der Waals surface area (Å²) in [6, 6.07) is 23.3. The maximum atomic E-state index is 13.6. The average molecular weight is 487 g/mol. The second kappa shape index (κ2) is 9.84. The molecule has 3 aromatic rings. The first kappa shape index (κ1) is 23.0. The molecule has 0 bridgehead atoms. The summed E-state index contributed by atoms with van der Waals surface area (Å²) in [5.74, 6) is -0.920.